The third-order valence-electron chi connectivity index (χ3n) is 4.02. The van der Waals surface area contributed by atoms with Gasteiger partial charge in [0, 0.05) is 22.6 Å². The van der Waals surface area contributed by atoms with Crippen LogP contribution in [0, 0.1) is 6.92 Å². The lowest BCUT2D eigenvalue weighted by molar-refractivity contribution is 0.0600. The standard InChI is InChI=1S/C22H20N2O3/c1-15-4-3-5-17(14-15)21(25)24-20-12-10-19(11-13-20)23-18-8-6-16(7-9-18)22(26)27-2/h3-14,23H,1-2H3,(H,24,25). The Morgan fingerprint density at radius 2 is 1.37 bits per heavy atom. The van der Waals surface area contributed by atoms with Crippen LogP contribution in [0.1, 0.15) is 26.3 Å². The topological polar surface area (TPSA) is 67.4 Å². The van der Waals surface area contributed by atoms with Crippen LogP contribution >= 0.6 is 0 Å². The first-order valence-electron chi connectivity index (χ1n) is 8.48. The fraction of sp³-hybridized carbons (Fsp3) is 0.0909. The average molecular weight is 360 g/mol. The van der Waals surface area contributed by atoms with E-state index >= 15 is 0 Å². The second-order valence-corrected chi connectivity index (χ2v) is 6.09. The number of carbonyl (C=O) groups excluding carboxylic acids is 2. The molecule has 0 atom stereocenters. The summed E-state index contributed by atoms with van der Waals surface area (Å²) in [6.07, 6.45) is 0. The summed E-state index contributed by atoms with van der Waals surface area (Å²) in [5.41, 5.74) is 4.60. The number of ether oxygens (including phenoxy) is 1. The summed E-state index contributed by atoms with van der Waals surface area (Å²) in [5, 5.41) is 6.13. The van der Waals surface area contributed by atoms with Gasteiger partial charge in [-0.15, -0.1) is 0 Å². The Morgan fingerprint density at radius 3 is 1.96 bits per heavy atom. The quantitative estimate of drug-likeness (QED) is 0.643. The molecule has 1 amide bonds. The van der Waals surface area contributed by atoms with Gasteiger partial charge in [-0.3, -0.25) is 4.79 Å². The van der Waals surface area contributed by atoms with E-state index in [1.807, 2.05) is 49.4 Å². The second kappa shape index (κ2) is 8.19. The molecular formula is C22H20N2O3. The lowest BCUT2D eigenvalue weighted by Crippen LogP contribution is -2.11. The Labute approximate surface area is 158 Å². The first-order valence-corrected chi connectivity index (χ1v) is 8.48. The van der Waals surface area contributed by atoms with E-state index in [0.717, 1.165) is 16.9 Å². The average Bonchev–Trinajstić information content (AvgIpc) is 2.69. The van der Waals surface area contributed by atoms with E-state index in [9.17, 15) is 9.59 Å². The monoisotopic (exact) mass is 360 g/mol. The Kier molecular flexibility index (Phi) is 5.52. The number of aryl methyl sites for hydroxylation is 1. The number of esters is 1. The van der Waals surface area contributed by atoms with Crippen LogP contribution in [0.25, 0.3) is 0 Å². The lowest BCUT2D eigenvalue weighted by Gasteiger charge is -2.09. The molecule has 0 saturated heterocycles. The van der Waals surface area contributed by atoms with E-state index < -0.39 is 0 Å². The lowest BCUT2D eigenvalue weighted by atomic mass is 10.1. The summed E-state index contributed by atoms with van der Waals surface area (Å²) in [7, 11) is 1.35. The first-order chi connectivity index (χ1) is 13.0. The highest BCUT2D eigenvalue weighted by atomic mass is 16.5. The van der Waals surface area contributed by atoms with E-state index in [1.54, 1.807) is 30.3 Å². The Bertz CT molecular complexity index is 948. The van der Waals surface area contributed by atoms with E-state index in [4.69, 9.17) is 0 Å². The van der Waals surface area contributed by atoms with Crippen molar-refractivity contribution in [2.45, 2.75) is 6.92 Å². The zero-order chi connectivity index (χ0) is 19.2. The summed E-state index contributed by atoms with van der Waals surface area (Å²) in [6.45, 7) is 1.95. The summed E-state index contributed by atoms with van der Waals surface area (Å²) < 4.78 is 4.68. The highest BCUT2D eigenvalue weighted by molar-refractivity contribution is 6.04. The fourth-order valence-corrected chi connectivity index (χ4v) is 2.60. The molecule has 0 radical (unpaired) electrons. The third kappa shape index (κ3) is 4.73. The van der Waals surface area contributed by atoms with Gasteiger partial charge in [0.15, 0.2) is 0 Å². The van der Waals surface area contributed by atoms with Gasteiger partial charge in [-0.1, -0.05) is 17.7 Å². The molecule has 27 heavy (non-hydrogen) atoms. The van der Waals surface area contributed by atoms with Crippen LogP contribution in [0.15, 0.2) is 72.8 Å². The SMILES string of the molecule is COC(=O)c1ccc(Nc2ccc(NC(=O)c3cccc(C)c3)cc2)cc1. The molecule has 0 heterocycles. The number of hydrogen-bond acceptors (Lipinski definition) is 4. The molecule has 0 bridgehead atoms. The van der Waals surface area contributed by atoms with Gasteiger partial charge < -0.3 is 15.4 Å². The van der Waals surface area contributed by atoms with Crippen molar-refractivity contribution in [1.82, 2.24) is 0 Å². The van der Waals surface area contributed by atoms with Gasteiger partial charge in [-0.2, -0.15) is 0 Å². The van der Waals surface area contributed by atoms with Crippen LogP contribution in [0.3, 0.4) is 0 Å². The largest absolute Gasteiger partial charge is 0.465 e. The number of methoxy groups -OCH3 is 1. The smallest absolute Gasteiger partial charge is 0.337 e. The van der Waals surface area contributed by atoms with Crippen molar-refractivity contribution in [3.05, 3.63) is 89.5 Å². The molecule has 3 rings (SSSR count). The number of nitrogens with one attached hydrogen (secondary N) is 2. The van der Waals surface area contributed by atoms with Crippen molar-refractivity contribution >= 4 is 28.9 Å². The summed E-state index contributed by atoms with van der Waals surface area (Å²) in [4.78, 5) is 23.7. The van der Waals surface area contributed by atoms with E-state index in [1.165, 1.54) is 7.11 Å². The maximum atomic E-state index is 12.3. The predicted octanol–water partition coefficient (Wildman–Crippen LogP) is 4.78. The van der Waals surface area contributed by atoms with Gasteiger partial charge in [-0.05, 0) is 67.6 Å². The van der Waals surface area contributed by atoms with Gasteiger partial charge in [0.05, 0.1) is 12.7 Å². The minimum atomic E-state index is -0.366. The summed E-state index contributed by atoms with van der Waals surface area (Å²) in [5.74, 6) is -0.506. The molecule has 0 aromatic heterocycles. The van der Waals surface area contributed by atoms with E-state index in [0.29, 0.717) is 16.8 Å². The highest BCUT2D eigenvalue weighted by Gasteiger charge is 2.07. The van der Waals surface area contributed by atoms with Crippen LogP contribution in [-0.2, 0) is 4.74 Å². The van der Waals surface area contributed by atoms with Crippen LogP contribution in [0.2, 0.25) is 0 Å². The Morgan fingerprint density at radius 1 is 0.778 bits per heavy atom. The van der Waals surface area contributed by atoms with Crippen molar-refractivity contribution in [1.29, 1.82) is 0 Å². The molecule has 2 N–H and O–H groups in total. The Hall–Kier alpha value is -3.60. The molecule has 0 aliphatic heterocycles. The van der Waals surface area contributed by atoms with Gasteiger partial charge in [0.25, 0.3) is 5.91 Å². The molecule has 3 aromatic carbocycles. The molecule has 0 spiro atoms. The first kappa shape index (κ1) is 18.2. The highest BCUT2D eigenvalue weighted by Crippen LogP contribution is 2.20. The van der Waals surface area contributed by atoms with Crippen LogP contribution in [0.4, 0.5) is 17.1 Å². The van der Waals surface area contributed by atoms with Crippen LogP contribution in [-0.4, -0.2) is 19.0 Å². The summed E-state index contributed by atoms with van der Waals surface area (Å²) >= 11 is 0. The molecule has 5 nitrogen and oxygen atoms in total. The molecule has 5 heteroatoms. The van der Waals surface area contributed by atoms with Gasteiger partial charge in [0.2, 0.25) is 0 Å². The van der Waals surface area contributed by atoms with Crippen molar-refractivity contribution in [2.75, 3.05) is 17.7 Å². The normalized spacial score (nSPS) is 10.1. The summed E-state index contributed by atoms with van der Waals surface area (Å²) in [6, 6.07) is 21.9. The third-order valence-corrected chi connectivity index (χ3v) is 4.02. The predicted molar refractivity (Wildman–Crippen MR) is 107 cm³/mol. The molecule has 0 fully saturated rings. The molecular weight excluding hydrogens is 340 g/mol. The number of benzene rings is 3. The number of amides is 1. The van der Waals surface area contributed by atoms with Crippen molar-refractivity contribution in [3.63, 3.8) is 0 Å². The zero-order valence-electron chi connectivity index (χ0n) is 15.2. The van der Waals surface area contributed by atoms with Gasteiger partial charge in [-0.25, -0.2) is 4.79 Å². The number of rotatable bonds is 5. The second-order valence-electron chi connectivity index (χ2n) is 6.09. The number of carbonyl (C=O) groups is 2. The molecule has 3 aromatic rings. The molecule has 0 aliphatic carbocycles. The van der Waals surface area contributed by atoms with Crippen molar-refractivity contribution in [2.24, 2.45) is 0 Å². The minimum absolute atomic E-state index is 0.141. The maximum absolute atomic E-state index is 12.3. The molecule has 136 valence electrons. The zero-order valence-corrected chi connectivity index (χ0v) is 15.2. The van der Waals surface area contributed by atoms with Crippen molar-refractivity contribution < 1.29 is 14.3 Å². The number of anilines is 3. The number of hydrogen-bond donors (Lipinski definition) is 2. The minimum Gasteiger partial charge on any atom is -0.465 e. The van der Waals surface area contributed by atoms with Gasteiger partial charge in [0.1, 0.15) is 0 Å². The maximum Gasteiger partial charge on any atom is 0.337 e. The molecule has 0 unspecified atom stereocenters. The van der Waals surface area contributed by atoms with Crippen molar-refractivity contribution in [3.8, 4) is 0 Å². The molecule has 0 aliphatic rings. The Balaban J connectivity index is 1.63. The van der Waals surface area contributed by atoms with E-state index in [-0.39, 0.29) is 11.9 Å². The van der Waals surface area contributed by atoms with Crippen LogP contribution in [0.5, 0.6) is 0 Å². The van der Waals surface area contributed by atoms with Crippen LogP contribution < -0.4 is 10.6 Å². The van der Waals surface area contributed by atoms with E-state index in [2.05, 4.69) is 15.4 Å². The van der Waals surface area contributed by atoms with Gasteiger partial charge >= 0.3 is 5.97 Å². The molecule has 0 saturated carbocycles. The fourth-order valence-electron chi connectivity index (χ4n) is 2.60.